The number of benzene rings is 1. The Morgan fingerprint density at radius 1 is 1.33 bits per heavy atom. The molecule has 1 saturated heterocycles. The minimum atomic E-state index is -0.516. The quantitative estimate of drug-likeness (QED) is 0.812. The minimum Gasteiger partial charge on any atom is -0.461 e. The Bertz CT molecular complexity index is 800. The number of likely N-dealkylation sites (N-methyl/N-ethyl adjacent to an activating group) is 1. The van der Waals surface area contributed by atoms with Gasteiger partial charge in [-0.05, 0) is 51.7 Å². The monoisotopic (exact) mass is 372 g/mol. The number of nitrogens with one attached hydrogen (secondary N) is 1. The van der Waals surface area contributed by atoms with Gasteiger partial charge in [-0.25, -0.2) is 14.6 Å². The molecule has 8 nitrogen and oxygen atoms in total. The van der Waals surface area contributed by atoms with Crippen LogP contribution in [-0.4, -0.2) is 66.6 Å². The number of oxazole rings is 1. The number of ether oxygens (including phenoxy) is 1. The third-order valence-electron chi connectivity index (χ3n) is 4.55. The van der Waals surface area contributed by atoms with Crippen molar-refractivity contribution in [1.82, 2.24) is 14.8 Å². The smallest absolute Gasteiger partial charge is 0.360 e. The van der Waals surface area contributed by atoms with E-state index in [1.54, 1.807) is 31.2 Å². The van der Waals surface area contributed by atoms with Crippen molar-refractivity contribution in [3.8, 4) is 11.5 Å². The summed E-state index contributed by atoms with van der Waals surface area (Å²) < 4.78 is 10.2. The molecule has 1 aliphatic rings. The molecule has 1 fully saturated rings. The highest BCUT2D eigenvalue weighted by Crippen LogP contribution is 2.22. The summed E-state index contributed by atoms with van der Waals surface area (Å²) in [5.74, 6) is -0.192. The van der Waals surface area contributed by atoms with Gasteiger partial charge in [-0.2, -0.15) is 0 Å². The Morgan fingerprint density at radius 3 is 2.70 bits per heavy atom. The number of likely N-dealkylation sites (tertiary alicyclic amines) is 1. The average Bonchev–Trinajstić information content (AvgIpc) is 3.33. The molecule has 0 radical (unpaired) electrons. The van der Waals surface area contributed by atoms with Crippen molar-refractivity contribution in [2.45, 2.75) is 19.4 Å². The van der Waals surface area contributed by atoms with Crippen LogP contribution in [0.1, 0.15) is 23.8 Å². The van der Waals surface area contributed by atoms with E-state index in [0.29, 0.717) is 23.2 Å². The molecule has 2 aromatic rings. The summed E-state index contributed by atoms with van der Waals surface area (Å²) in [4.78, 5) is 32.1. The number of hydrogen-bond donors (Lipinski definition) is 1. The van der Waals surface area contributed by atoms with Crippen LogP contribution in [-0.2, 0) is 4.74 Å². The summed E-state index contributed by atoms with van der Waals surface area (Å²) in [6, 6.07) is 7.41. The number of hydrogen-bond acceptors (Lipinski definition) is 6. The number of nitrogens with zero attached hydrogens (tertiary/aromatic N) is 3. The second kappa shape index (κ2) is 8.22. The van der Waals surface area contributed by atoms with Gasteiger partial charge in [-0.1, -0.05) is 0 Å². The summed E-state index contributed by atoms with van der Waals surface area (Å²) in [5.41, 5.74) is 1.53. The zero-order valence-corrected chi connectivity index (χ0v) is 15.8. The van der Waals surface area contributed by atoms with E-state index in [2.05, 4.69) is 15.2 Å². The van der Waals surface area contributed by atoms with Crippen molar-refractivity contribution < 1.29 is 18.7 Å². The standard InChI is InChI=1S/C19H24N4O4/c1-4-26-18(24)16-12-27-17(21-16)13-5-7-14(8-6-13)20-19(25)23-10-9-15(11-23)22(2)3/h5-8,12,15H,4,9-11H2,1-3H3,(H,20,25)/t15-/m1/s1. The zero-order valence-electron chi connectivity index (χ0n) is 15.8. The lowest BCUT2D eigenvalue weighted by molar-refractivity contribution is 0.0519. The molecule has 1 atom stereocenters. The van der Waals surface area contributed by atoms with Gasteiger partial charge in [0.05, 0.1) is 6.61 Å². The molecule has 0 bridgehead atoms. The number of carbonyl (C=O) groups excluding carboxylic acids is 2. The van der Waals surface area contributed by atoms with Crippen LogP contribution in [0.25, 0.3) is 11.5 Å². The highest BCUT2D eigenvalue weighted by molar-refractivity contribution is 5.90. The van der Waals surface area contributed by atoms with Crippen LogP contribution in [0.15, 0.2) is 34.9 Å². The first-order valence-electron chi connectivity index (χ1n) is 8.93. The predicted octanol–water partition coefficient (Wildman–Crippen LogP) is 2.69. The first kappa shape index (κ1) is 18.9. The number of rotatable bonds is 5. The van der Waals surface area contributed by atoms with Crippen molar-refractivity contribution in [3.05, 3.63) is 36.2 Å². The molecule has 3 rings (SSSR count). The fraction of sp³-hybridized carbons (Fsp3) is 0.421. The molecule has 144 valence electrons. The van der Waals surface area contributed by atoms with Crippen molar-refractivity contribution >= 4 is 17.7 Å². The van der Waals surface area contributed by atoms with Gasteiger partial charge in [0.1, 0.15) is 6.26 Å². The van der Waals surface area contributed by atoms with Crippen molar-refractivity contribution in [2.24, 2.45) is 0 Å². The highest BCUT2D eigenvalue weighted by Gasteiger charge is 2.27. The van der Waals surface area contributed by atoms with Crippen molar-refractivity contribution in [2.75, 3.05) is 39.1 Å². The third-order valence-corrected chi connectivity index (χ3v) is 4.55. The Morgan fingerprint density at radius 2 is 2.07 bits per heavy atom. The Hall–Kier alpha value is -2.87. The first-order chi connectivity index (χ1) is 13.0. The summed E-state index contributed by atoms with van der Waals surface area (Å²) in [5, 5.41) is 2.91. The summed E-state index contributed by atoms with van der Waals surface area (Å²) in [6.45, 7) is 3.49. The Kier molecular flexibility index (Phi) is 5.75. The number of anilines is 1. The summed E-state index contributed by atoms with van der Waals surface area (Å²) in [6.07, 6.45) is 2.25. The molecule has 1 aromatic carbocycles. The lowest BCUT2D eigenvalue weighted by Crippen LogP contribution is -2.36. The van der Waals surface area contributed by atoms with Crippen LogP contribution >= 0.6 is 0 Å². The molecule has 0 spiro atoms. The highest BCUT2D eigenvalue weighted by atomic mass is 16.5. The molecule has 0 unspecified atom stereocenters. The van der Waals surface area contributed by atoms with Crippen LogP contribution in [0.2, 0.25) is 0 Å². The topological polar surface area (TPSA) is 87.9 Å². The van der Waals surface area contributed by atoms with Gasteiger partial charge >= 0.3 is 12.0 Å². The van der Waals surface area contributed by atoms with Gasteiger partial charge in [-0.3, -0.25) is 0 Å². The SMILES string of the molecule is CCOC(=O)c1coc(-c2ccc(NC(=O)N3CC[C@@H](N(C)C)C3)cc2)n1. The van der Waals surface area contributed by atoms with Crippen molar-refractivity contribution in [3.63, 3.8) is 0 Å². The Balaban J connectivity index is 1.61. The van der Waals surface area contributed by atoms with Crippen LogP contribution in [0.3, 0.4) is 0 Å². The number of carbonyl (C=O) groups is 2. The van der Waals surface area contributed by atoms with Crippen LogP contribution in [0, 0.1) is 0 Å². The maximum atomic E-state index is 12.4. The molecule has 0 aliphatic carbocycles. The number of aromatic nitrogens is 1. The van der Waals surface area contributed by atoms with E-state index in [9.17, 15) is 9.59 Å². The Labute approximate surface area is 158 Å². The zero-order chi connectivity index (χ0) is 19.4. The van der Waals surface area contributed by atoms with Crippen molar-refractivity contribution in [1.29, 1.82) is 0 Å². The molecule has 1 aromatic heterocycles. The molecule has 1 N–H and O–H groups in total. The average molecular weight is 372 g/mol. The predicted molar refractivity (Wildman–Crippen MR) is 101 cm³/mol. The molecule has 1 aliphatic heterocycles. The third kappa shape index (κ3) is 4.46. The molecule has 2 amide bonds. The first-order valence-corrected chi connectivity index (χ1v) is 8.93. The number of esters is 1. The van der Waals surface area contributed by atoms with E-state index in [1.807, 2.05) is 19.0 Å². The van der Waals surface area contributed by atoms with Gasteiger partial charge in [-0.15, -0.1) is 0 Å². The summed E-state index contributed by atoms with van der Waals surface area (Å²) >= 11 is 0. The fourth-order valence-electron chi connectivity index (χ4n) is 2.95. The van der Waals surface area contributed by atoms with E-state index in [4.69, 9.17) is 9.15 Å². The maximum Gasteiger partial charge on any atom is 0.360 e. The second-order valence-corrected chi connectivity index (χ2v) is 6.62. The van der Waals surface area contributed by atoms with Crippen LogP contribution in [0.5, 0.6) is 0 Å². The van der Waals surface area contributed by atoms with E-state index >= 15 is 0 Å². The number of amides is 2. The lowest BCUT2D eigenvalue weighted by atomic mass is 10.2. The normalized spacial score (nSPS) is 16.6. The molecular formula is C19H24N4O4. The lowest BCUT2D eigenvalue weighted by Gasteiger charge is -2.20. The molecule has 27 heavy (non-hydrogen) atoms. The number of urea groups is 1. The molecule has 8 heteroatoms. The van der Waals surface area contributed by atoms with Gasteiger partial charge in [0.15, 0.2) is 5.69 Å². The van der Waals surface area contributed by atoms with Gasteiger partial charge in [0.25, 0.3) is 0 Å². The van der Waals surface area contributed by atoms with E-state index in [1.165, 1.54) is 6.26 Å². The second-order valence-electron chi connectivity index (χ2n) is 6.62. The largest absolute Gasteiger partial charge is 0.461 e. The van der Waals surface area contributed by atoms with Crippen LogP contribution < -0.4 is 5.32 Å². The summed E-state index contributed by atoms with van der Waals surface area (Å²) in [7, 11) is 4.06. The van der Waals surface area contributed by atoms with E-state index in [0.717, 1.165) is 19.5 Å². The van der Waals surface area contributed by atoms with E-state index < -0.39 is 5.97 Å². The maximum absolute atomic E-state index is 12.4. The minimum absolute atomic E-state index is 0.104. The van der Waals surface area contributed by atoms with Gasteiger partial charge in [0.2, 0.25) is 5.89 Å². The molecule has 0 saturated carbocycles. The molecular weight excluding hydrogens is 348 g/mol. The fourth-order valence-corrected chi connectivity index (χ4v) is 2.95. The van der Waals surface area contributed by atoms with Crippen LogP contribution in [0.4, 0.5) is 10.5 Å². The van der Waals surface area contributed by atoms with Gasteiger partial charge in [0, 0.05) is 30.4 Å². The van der Waals surface area contributed by atoms with E-state index in [-0.39, 0.29) is 18.3 Å². The van der Waals surface area contributed by atoms with Gasteiger partial charge < -0.3 is 24.3 Å². The molecule has 2 heterocycles.